The Hall–Kier alpha value is -3.72. The average Bonchev–Trinajstić information content (AvgIpc) is 3.04. The number of sulfonamides is 1. The molecule has 146 valence electrons. The van der Waals surface area contributed by atoms with Gasteiger partial charge in [-0.15, -0.1) is 0 Å². The van der Waals surface area contributed by atoms with Crippen LogP contribution in [0.1, 0.15) is 16.1 Å². The summed E-state index contributed by atoms with van der Waals surface area (Å²) in [6, 6.07) is 16.3. The molecule has 0 saturated carbocycles. The highest BCUT2D eigenvalue weighted by molar-refractivity contribution is 7.92. The van der Waals surface area contributed by atoms with E-state index >= 15 is 0 Å². The van der Waals surface area contributed by atoms with Gasteiger partial charge in [0.2, 0.25) is 0 Å². The van der Waals surface area contributed by atoms with Crippen LogP contribution in [0.4, 0.5) is 11.4 Å². The highest BCUT2D eigenvalue weighted by Gasteiger charge is 2.19. The van der Waals surface area contributed by atoms with Crippen molar-refractivity contribution in [3.05, 3.63) is 84.3 Å². The standard InChI is InChI=1S/C20H17N5O3S/c1-14-18(19-21-11-6-12-25(19)23-14)20(26)22-15-7-5-8-16(13-15)24-29(27,28)17-9-3-2-4-10-17/h2-13,24H,1H3,(H,22,26). The quantitative estimate of drug-likeness (QED) is 0.529. The number of benzene rings is 2. The van der Waals surface area contributed by atoms with Gasteiger partial charge in [0, 0.05) is 18.1 Å². The van der Waals surface area contributed by atoms with Gasteiger partial charge in [0.1, 0.15) is 5.56 Å². The summed E-state index contributed by atoms with van der Waals surface area (Å²) < 4.78 is 29.0. The zero-order chi connectivity index (χ0) is 20.4. The summed E-state index contributed by atoms with van der Waals surface area (Å²) in [7, 11) is -3.72. The van der Waals surface area contributed by atoms with Gasteiger partial charge in [-0.3, -0.25) is 9.52 Å². The Morgan fingerprint density at radius 2 is 1.76 bits per heavy atom. The fraction of sp³-hybridized carbons (Fsp3) is 0.0500. The SMILES string of the molecule is Cc1nn2cccnc2c1C(=O)Nc1cccc(NS(=O)(=O)c2ccccc2)c1. The Bertz CT molecular complexity index is 1300. The van der Waals surface area contributed by atoms with Gasteiger partial charge in [0.05, 0.1) is 16.3 Å². The topological polar surface area (TPSA) is 105 Å². The summed E-state index contributed by atoms with van der Waals surface area (Å²) in [4.78, 5) is 17.2. The molecule has 4 rings (SSSR count). The maximum Gasteiger partial charge on any atom is 0.261 e. The summed E-state index contributed by atoms with van der Waals surface area (Å²) in [6.07, 6.45) is 3.30. The second-order valence-corrected chi connectivity index (χ2v) is 7.98. The molecule has 0 atom stereocenters. The summed E-state index contributed by atoms with van der Waals surface area (Å²) in [5.74, 6) is -0.376. The molecule has 0 saturated heterocycles. The largest absolute Gasteiger partial charge is 0.322 e. The van der Waals surface area contributed by atoms with Crippen LogP contribution < -0.4 is 10.0 Å². The number of nitrogens with one attached hydrogen (secondary N) is 2. The maximum absolute atomic E-state index is 12.8. The number of anilines is 2. The highest BCUT2D eigenvalue weighted by Crippen LogP contribution is 2.21. The van der Waals surface area contributed by atoms with Gasteiger partial charge in [-0.2, -0.15) is 5.10 Å². The van der Waals surface area contributed by atoms with E-state index in [0.29, 0.717) is 28.3 Å². The smallest absolute Gasteiger partial charge is 0.261 e. The van der Waals surface area contributed by atoms with Crippen LogP contribution in [-0.2, 0) is 10.0 Å². The minimum absolute atomic E-state index is 0.155. The molecule has 2 aromatic heterocycles. The van der Waals surface area contributed by atoms with Gasteiger partial charge in [0.25, 0.3) is 15.9 Å². The van der Waals surface area contributed by atoms with Gasteiger partial charge < -0.3 is 5.32 Å². The maximum atomic E-state index is 12.8. The zero-order valence-electron chi connectivity index (χ0n) is 15.4. The summed E-state index contributed by atoms with van der Waals surface area (Å²) in [5, 5.41) is 7.05. The van der Waals surface area contributed by atoms with Crippen LogP contribution in [0.3, 0.4) is 0 Å². The molecule has 0 aliphatic rings. The Labute approximate surface area is 167 Å². The number of aryl methyl sites for hydroxylation is 1. The summed E-state index contributed by atoms with van der Waals surface area (Å²) >= 11 is 0. The van der Waals surface area contributed by atoms with Crippen LogP contribution >= 0.6 is 0 Å². The molecule has 0 fully saturated rings. The number of amides is 1. The van der Waals surface area contributed by atoms with Gasteiger partial charge in [-0.25, -0.2) is 17.9 Å². The van der Waals surface area contributed by atoms with Crippen LogP contribution in [0.15, 0.2) is 78.0 Å². The van der Waals surface area contributed by atoms with E-state index < -0.39 is 10.0 Å². The van der Waals surface area contributed by atoms with Crippen LogP contribution in [0.25, 0.3) is 5.65 Å². The lowest BCUT2D eigenvalue weighted by atomic mass is 10.2. The van der Waals surface area contributed by atoms with Crippen molar-refractivity contribution in [1.82, 2.24) is 14.6 Å². The van der Waals surface area contributed by atoms with Crippen molar-refractivity contribution in [1.29, 1.82) is 0 Å². The molecule has 1 amide bonds. The van der Waals surface area contributed by atoms with Crippen LogP contribution in [0.5, 0.6) is 0 Å². The molecule has 0 bridgehead atoms. The highest BCUT2D eigenvalue weighted by atomic mass is 32.2. The van der Waals surface area contributed by atoms with Gasteiger partial charge >= 0.3 is 0 Å². The molecule has 0 radical (unpaired) electrons. The fourth-order valence-electron chi connectivity index (χ4n) is 2.93. The number of fused-ring (bicyclic) bond motifs is 1. The molecular weight excluding hydrogens is 390 g/mol. The molecule has 0 aliphatic carbocycles. The molecule has 0 spiro atoms. The predicted octanol–water partition coefficient (Wildman–Crippen LogP) is 3.09. The molecule has 2 heterocycles. The number of nitrogens with zero attached hydrogens (tertiary/aromatic N) is 3. The lowest BCUT2D eigenvalue weighted by molar-refractivity contribution is 0.102. The lowest BCUT2D eigenvalue weighted by Crippen LogP contribution is -2.15. The molecule has 0 aliphatic heterocycles. The summed E-state index contributed by atoms with van der Waals surface area (Å²) in [6.45, 7) is 1.73. The van der Waals surface area contributed by atoms with E-state index in [1.807, 2.05) is 0 Å². The molecule has 2 aromatic carbocycles. The average molecular weight is 407 g/mol. The molecule has 2 N–H and O–H groups in total. The Morgan fingerprint density at radius 3 is 2.55 bits per heavy atom. The molecule has 4 aromatic rings. The molecule has 0 unspecified atom stereocenters. The van der Waals surface area contributed by atoms with Crippen molar-refractivity contribution in [2.45, 2.75) is 11.8 Å². The van der Waals surface area contributed by atoms with E-state index in [1.54, 1.807) is 67.8 Å². The van der Waals surface area contributed by atoms with E-state index in [9.17, 15) is 13.2 Å². The van der Waals surface area contributed by atoms with Crippen molar-refractivity contribution < 1.29 is 13.2 Å². The van der Waals surface area contributed by atoms with Gasteiger partial charge in [-0.05, 0) is 43.3 Å². The number of carbonyl (C=O) groups is 1. The van der Waals surface area contributed by atoms with E-state index in [4.69, 9.17) is 0 Å². The van der Waals surface area contributed by atoms with Crippen molar-refractivity contribution >= 4 is 33.0 Å². The Morgan fingerprint density at radius 1 is 1.00 bits per heavy atom. The van der Waals surface area contributed by atoms with Crippen molar-refractivity contribution in [2.24, 2.45) is 0 Å². The van der Waals surface area contributed by atoms with E-state index in [0.717, 1.165) is 0 Å². The first kappa shape index (κ1) is 18.6. The zero-order valence-corrected chi connectivity index (χ0v) is 16.2. The number of rotatable bonds is 5. The number of hydrogen-bond donors (Lipinski definition) is 2. The Balaban J connectivity index is 1.58. The molecule has 8 nitrogen and oxygen atoms in total. The van der Waals surface area contributed by atoms with Crippen molar-refractivity contribution in [2.75, 3.05) is 10.0 Å². The molecular formula is C20H17N5O3S. The predicted molar refractivity (Wildman–Crippen MR) is 109 cm³/mol. The third kappa shape index (κ3) is 3.81. The van der Waals surface area contributed by atoms with Crippen molar-refractivity contribution in [3.8, 4) is 0 Å². The van der Waals surface area contributed by atoms with Crippen LogP contribution in [-0.4, -0.2) is 28.9 Å². The number of aromatic nitrogens is 3. The third-order valence-corrected chi connectivity index (χ3v) is 5.62. The molecule has 29 heavy (non-hydrogen) atoms. The first-order valence-electron chi connectivity index (χ1n) is 8.73. The normalized spacial score (nSPS) is 11.3. The monoisotopic (exact) mass is 407 g/mol. The summed E-state index contributed by atoms with van der Waals surface area (Å²) in [5.41, 5.74) is 2.13. The van der Waals surface area contributed by atoms with E-state index in [1.165, 1.54) is 16.6 Å². The van der Waals surface area contributed by atoms with E-state index in [-0.39, 0.29) is 10.8 Å². The number of carbonyl (C=O) groups excluding carboxylic acids is 1. The first-order chi connectivity index (χ1) is 13.9. The van der Waals surface area contributed by atoms with Crippen molar-refractivity contribution in [3.63, 3.8) is 0 Å². The van der Waals surface area contributed by atoms with Crippen LogP contribution in [0, 0.1) is 6.92 Å². The lowest BCUT2D eigenvalue weighted by Gasteiger charge is -2.10. The van der Waals surface area contributed by atoms with Crippen LogP contribution in [0.2, 0.25) is 0 Å². The van der Waals surface area contributed by atoms with Gasteiger partial charge in [-0.1, -0.05) is 24.3 Å². The van der Waals surface area contributed by atoms with E-state index in [2.05, 4.69) is 20.1 Å². The Kier molecular flexibility index (Phi) is 4.73. The minimum Gasteiger partial charge on any atom is -0.322 e. The number of hydrogen-bond acceptors (Lipinski definition) is 5. The third-order valence-electron chi connectivity index (χ3n) is 4.22. The second kappa shape index (κ2) is 7.36. The fourth-order valence-corrected chi connectivity index (χ4v) is 4.00. The van der Waals surface area contributed by atoms with Gasteiger partial charge in [0.15, 0.2) is 5.65 Å². The first-order valence-corrected chi connectivity index (χ1v) is 10.2. The molecule has 9 heteroatoms. The second-order valence-electron chi connectivity index (χ2n) is 6.30. The minimum atomic E-state index is -3.72.